The van der Waals surface area contributed by atoms with E-state index >= 15 is 0 Å². The van der Waals surface area contributed by atoms with Gasteiger partial charge >= 0.3 is 5.97 Å². The summed E-state index contributed by atoms with van der Waals surface area (Å²) in [6.45, 7) is -0.560. The van der Waals surface area contributed by atoms with Gasteiger partial charge in [-0.15, -0.1) is 0 Å². The zero-order valence-electron chi connectivity index (χ0n) is 15.4. The second-order valence-electron chi connectivity index (χ2n) is 7.24. The van der Waals surface area contributed by atoms with Crippen molar-refractivity contribution in [3.8, 4) is 17.6 Å². The van der Waals surface area contributed by atoms with Gasteiger partial charge in [-0.1, -0.05) is 18.3 Å². The third-order valence-electron chi connectivity index (χ3n) is 4.78. The van der Waals surface area contributed by atoms with Crippen LogP contribution in [0.4, 0.5) is 4.39 Å². The number of carbonyl (C=O) groups excluding carboxylic acids is 1. The Balaban J connectivity index is 1.74. The molecule has 0 atom stereocenters. The van der Waals surface area contributed by atoms with Gasteiger partial charge in [0.05, 0.1) is 21.4 Å². The quantitative estimate of drug-likeness (QED) is 0.407. The molecule has 1 aromatic carbocycles. The first-order valence-corrected chi connectivity index (χ1v) is 11.0. The molecule has 0 unspecified atom stereocenters. The third kappa shape index (κ3) is 5.94. The molecule has 152 valence electrons. The first-order valence-electron chi connectivity index (χ1n) is 9.38. The molecule has 0 N–H and O–H groups in total. The van der Waals surface area contributed by atoms with Crippen molar-refractivity contribution in [3.05, 3.63) is 29.6 Å². The summed E-state index contributed by atoms with van der Waals surface area (Å²) in [7, 11) is -4.48. The van der Waals surface area contributed by atoms with Gasteiger partial charge in [0.15, 0.2) is 17.2 Å². The average molecular weight is 409 g/mol. The van der Waals surface area contributed by atoms with Crippen molar-refractivity contribution in [2.75, 3.05) is 12.4 Å². The SMILES string of the molecule is O=C(OCCS(=O)(=O)[O-])c1ccc(F)c(OC2(C#CC3CC3)CCCCC2)c1. The standard InChI is InChI=1S/C20H23FO6S/c21-17-7-6-16(19(22)26-12-13-28(23,24)25)14-18(17)27-20(9-2-1-3-10-20)11-8-15-4-5-15/h6-7,14-15H,1-5,9-10,12-13H2,(H,23,24,25)/p-1. The molecule has 0 amide bonds. The summed E-state index contributed by atoms with van der Waals surface area (Å²) in [5.41, 5.74) is -0.748. The van der Waals surface area contributed by atoms with E-state index in [9.17, 15) is 22.2 Å². The molecule has 0 aromatic heterocycles. The van der Waals surface area contributed by atoms with Crippen molar-refractivity contribution in [2.24, 2.45) is 5.92 Å². The molecule has 0 saturated heterocycles. The second kappa shape index (κ2) is 8.50. The maximum Gasteiger partial charge on any atom is 0.338 e. The Labute approximate surface area is 164 Å². The van der Waals surface area contributed by atoms with Crippen LogP contribution in [0.25, 0.3) is 0 Å². The summed E-state index contributed by atoms with van der Waals surface area (Å²) in [6, 6.07) is 3.55. The van der Waals surface area contributed by atoms with E-state index in [2.05, 4.69) is 11.8 Å². The fourth-order valence-corrected chi connectivity index (χ4v) is 3.36. The first kappa shape index (κ1) is 20.6. The highest BCUT2D eigenvalue weighted by atomic mass is 32.2. The molecule has 6 nitrogen and oxygen atoms in total. The fraction of sp³-hybridized carbons (Fsp3) is 0.550. The summed E-state index contributed by atoms with van der Waals surface area (Å²) in [4.78, 5) is 12.1. The van der Waals surface area contributed by atoms with E-state index in [0.717, 1.165) is 38.2 Å². The van der Waals surface area contributed by atoms with E-state index < -0.39 is 39.9 Å². The molecule has 0 bridgehead atoms. The molecule has 2 aliphatic rings. The molecule has 0 radical (unpaired) electrons. The van der Waals surface area contributed by atoms with Crippen molar-refractivity contribution in [2.45, 2.75) is 50.5 Å². The van der Waals surface area contributed by atoms with Gasteiger partial charge in [0.2, 0.25) is 0 Å². The van der Waals surface area contributed by atoms with E-state index in [1.807, 2.05) is 0 Å². The van der Waals surface area contributed by atoms with Crippen LogP contribution < -0.4 is 4.74 Å². The molecule has 2 aliphatic carbocycles. The Morgan fingerprint density at radius 2 is 1.96 bits per heavy atom. The van der Waals surface area contributed by atoms with E-state index in [-0.39, 0.29) is 11.3 Å². The Morgan fingerprint density at radius 3 is 2.61 bits per heavy atom. The monoisotopic (exact) mass is 409 g/mol. The number of rotatable bonds is 6. The van der Waals surface area contributed by atoms with Crippen molar-refractivity contribution in [1.29, 1.82) is 0 Å². The van der Waals surface area contributed by atoms with Crippen LogP contribution in [-0.4, -0.2) is 36.9 Å². The molecular formula is C20H22FO6S-. The van der Waals surface area contributed by atoms with Crippen molar-refractivity contribution in [1.82, 2.24) is 0 Å². The lowest BCUT2D eigenvalue weighted by Crippen LogP contribution is -2.37. The maximum absolute atomic E-state index is 14.3. The van der Waals surface area contributed by atoms with Crippen LogP contribution in [0.3, 0.4) is 0 Å². The van der Waals surface area contributed by atoms with Crippen LogP contribution in [-0.2, 0) is 14.9 Å². The van der Waals surface area contributed by atoms with Gasteiger partial charge in [0.25, 0.3) is 0 Å². The van der Waals surface area contributed by atoms with E-state index in [1.165, 1.54) is 12.1 Å². The molecule has 2 fully saturated rings. The molecule has 1 aromatic rings. The third-order valence-corrected chi connectivity index (χ3v) is 5.45. The lowest BCUT2D eigenvalue weighted by molar-refractivity contribution is 0.0524. The average Bonchev–Trinajstić information content (AvgIpc) is 3.46. The van der Waals surface area contributed by atoms with Crippen LogP contribution >= 0.6 is 0 Å². The molecule has 2 saturated carbocycles. The van der Waals surface area contributed by atoms with Gasteiger partial charge in [0.1, 0.15) is 6.61 Å². The predicted octanol–water partition coefficient (Wildman–Crippen LogP) is 3.02. The molecule has 3 rings (SSSR count). The van der Waals surface area contributed by atoms with Crippen LogP contribution in [0.1, 0.15) is 55.3 Å². The minimum atomic E-state index is -4.48. The van der Waals surface area contributed by atoms with Crippen molar-refractivity contribution >= 4 is 16.1 Å². The second-order valence-corrected chi connectivity index (χ2v) is 8.77. The predicted molar refractivity (Wildman–Crippen MR) is 98.2 cm³/mol. The summed E-state index contributed by atoms with van der Waals surface area (Å²) in [5.74, 6) is 4.45. The largest absolute Gasteiger partial charge is 0.748 e. The Kier molecular flexibility index (Phi) is 6.26. The number of esters is 1. The number of hydrogen-bond donors (Lipinski definition) is 0. The van der Waals surface area contributed by atoms with Gasteiger partial charge in [-0.25, -0.2) is 17.6 Å². The van der Waals surface area contributed by atoms with Gasteiger partial charge in [-0.2, -0.15) is 0 Å². The van der Waals surface area contributed by atoms with Crippen molar-refractivity contribution in [3.63, 3.8) is 0 Å². The number of ether oxygens (including phenoxy) is 2. The molecule has 0 aliphatic heterocycles. The minimum absolute atomic E-state index is 0.0146. The fourth-order valence-electron chi connectivity index (χ4n) is 3.08. The minimum Gasteiger partial charge on any atom is -0.748 e. The van der Waals surface area contributed by atoms with Crippen LogP contribution in [0.5, 0.6) is 5.75 Å². The van der Waals surface area contributed by atoms with E-state index in [4.69, 9.17) is 9.47 Å². The Morgan fingerprint density at radius 1 is 1.25 bits per heavy atom. The number of benzene rings is 1. The lowest BCUT2D eigenvalue weighted by Gasteiger charge is -2.33. The van der Waals surface area contributed by atoms with Crippen LogP contribution in [0, 0.1) is 23.6 Å². The topological polar surface area (TPSA) is 92.7 Å². The molecule has 28 heavy (non-hydrogen) atoms. The van der Waals surface area contributed by atoms with Gasteiger partial charge in [-0.05, 0) is 56.7 Å². The van der Waals surface area contributed by atoms with E-state index in [0.29, 0.717) is 18.8 Å². The molecular weight excluding hydrogens is 387 g/mol. The Hall–Kier alpha value is -2.11. The zero-order chi connectivity index (χ0) is 20.2. The van der Waals surface area contributed by atoms with E-state index in [1.54, 1.807) is 0 Å². The highest BCUT2D eigenvalue weighted by Crippen LogP contribution is 2.35. The molecule has 0 spiro atoms. The van der Waals surface area contributed by atoms with Crippen LogP contribution in [0.2, 0.25) is 0 Å². The summed E-state index contributed by atoms with van der Waals surface area (Å²) < 4.78 is 56.9. The zero-order valence-corrected chi connectivity index (χ0v) is 16.2. The number of hydrogen-bond acceptors (Lipinski definition) is 6. The smallest absolute Gasteiger partial charge is 0.338 e. The number of carbonyl (C=O) groups is 1. The Bertz CT molecular complexity index is 889. The summed E-state index contributed by atoms with van der Waals surface area (Å²) in [6.07, 6.45) is 6.51. The number of halogens is 1. The maximum atomic E-state index is 14.3. The van der Waals surface area contributed by atoms with Crippen LogP contribution in [0.15, 0.2) is 18.2 Å². The highest BCUT2D eigenvalue weighted by Gasteiger charge is 2.34. The highest BCUT2D eigenvalue weighted by molar-refractivity contribution is 7.85. The molecule has 0 heterocycles. The van der Waals surface area contributed by atoms with Gasteiger partial charge in [-0.3, -0.25) is 0 Å². The van der Waals surface area contributed by atoms with Gasteiger partial charge in [0, 0.05) is 5.92 Å². The summed E-state index contributed by atoms with van der Waals surface area (Å²) in [5, 5.41) is 0. The molecule has 8 heteroatoms. The van der Waals surface area contributed by atoms with Gasteiger partial charge < -0.3 is 14.0 Å². The van der Waals surface area contributed by atoms with Crippen molar-refractivity contribution < 1.29 is 31.6 Å². The summed E-state index contributed by atoms with van der Waals surface area (Å²) >= 11 is 0. The first-order chi connectivity index (χ1) is 13.3. The normalized spacial score (nSPS) is 18.6. The lowest BCUT2D eigenvalue weighted by atomic mass is 9.85.